The summed E-state index contributed by atoms with van der Waals surface area (Å²) in [5.41, 5.74) is 7.66. The van der Waals surface area contributed by atoms with Crippen LogP contribution in [0.5, 0.6) is 0 Å². The van der Waals surface area contributed by atoms with E-state index in [0.717, 1.165) is 30.5 Å². The molecule has 1 aliphatic carbocycles. The number of ether oxygens (including phenoxy) is 1. The lowest BCUT2D eigenvalue weighted by atomic mass is 10.1. The summed E-state index contributed by atoms with van der Waals surface area (Å²) in [5, 5.41) is 3.51. The van der Waals surface area contributed by atoms with E-state index in [1.54, 1.807) is 7.11 Å². The van der Waals surface area contributed by atoms with Crippen LogP contribution in [0.2, 0.25) is 0 Å². The fourth-order valence-electron chi connectivity index (χ4n) is 2.33. The van der Waals surface area contributed by atoms with Crippen LogP contribution < -0.4 is 11.1 Å². The minimum atomic E-state index is 0.379. The first-order chi connectivity index (χ1) is 8.20. The van der Waals surface area contributed by atoms with Gasteiger partial charge in [-0.1, -0.05) is 24.4 Å². The zero-order valence-electron chi connectivity index (χ0n) is 9.98. The van der Waals surface area contributed by atoms with E-state index in [9.17, 15) is 0 Å². The molecule has 0 saturated heterocycles. The maximum atomic E-state index is 5.71. The van der Waals surface area contributed by atoms with Crippen molar-refractivity contribution in [2.45, 2.75) is 31.4 Å². The molecule has 3 N–H and O–H groups in total. The van der Waals surface area contributed by atoms with Gasteiger partial charge in [-0.15, -0.1) is 0 Å². The third-order valence-electron chi connectivity index (χ3n) is 3.27. The van der Waals surface area contributed by atoms with Crippen molar-refractivity contribution in [2.24, 2.45) is 5.73 Å². The normalized spacial score (nSPS) is 23.6. The van der Waals surface area contributed by atoms with Gasteiger partial charge in [0.1, 0.15) is 4.99 Å². The Morgan fingerprint density at radius 2 is 2.18 bits per heavy atom. The van der Waals surface area contributed by atoms with Gasteiger partial charge in [0, 0.05) is 24.4 Å². The smallest absolute Gasteiger partial charge is 0.106 e. The Morgan fingerprint density at radius 1 is 1.41 bits per heavy atom. The molecule has 2 atom stereocenters. The van der Waals surface area contributed by atoms with E-state index < -0.39 is 0 Å². The quantitative estimate of drug-likeness (QED) is 0.805. The maximum absolute atomic E-state index is 5.71. The summed E-state index contributed by atoms with van der Waals surface area (Å²) in [7, 11) is 1.77. The molecule has 0 aromatic heterocycles. The Kier molecular flexibility index (Phi) is 3.97. The molecular weight excluding hydrogens is 232 g/mol. The molecule has 0 aliphatic heterocycles. The maximum Gasteiger partial charge on any atom is 0.106 e. The number of hydrogen-bond acceptors (Lipinski definition) is 3. The molecule has 92 valence electrons. The van der Waals surface area contributed by atoms with Gasteiger partial charge >= 0.3 is 0 Å². The second-order valence-electron chi connectivity index (χ2n) is 4.42. The highest BCUT2D eigenvalue weighted by atomic mass is 32.1. The Bertz CT molecular complexity index is 408. The topological polar surface area (TPSA) is 47.3 Å². The fraction of sp³-hybridized carbons (Fsp3) is 0.462. The van der Waals surface area contributed by atoms with Gasteiger partial charge in [0.05, 0.1) is 6.10 Å². The lowest BCUT2D eigenvalue weighted by Crippen LogP contribution is -2.20. The van der Waals surface area contributed by atoms with Crippen molar-refractivity contribution in [1.82, 2.24) is 0 Å². The van der Waals surface area contributed by atoms with Gasteiger partial charge in [0.2, 0.25) is 0 Å². The molecule has 0 bridgehead atoms. The molecule has 1 aliphatic rings. The van der Waals surface area contributed by atoms with Crippen molar-refractivity contribution >= 4 is 22.9 Å². The number of anilines is 1. The van der Waals surface area contributed by atoms with Gasteiger partial charge in [0.15, 0.2) is 0 Å². The lowest BCUT2D eigenvalue weighted by molar-refractivity contribution is 0.108. The molecule has 2 rings (SSSR count). The standard InChI is InChI=1S/C13H18N2OS/c1-16-10-7-6-9(8-10)15-12-5-3-2-4-11(12)13(14)17/h2-5,9-10,15H,6-8H2,1H3,(H2,14,17). The number of hydrogen-bond donors (Lipinski definition) is 2. The molecule has 0 heterocycles. The number of para-hydroxylation sites is 1. The average molecular weight is 250 g/mol. The van der Waals surface area contributed by atoms with Crippen molar-refractivity contribution in [3.8, 4) is 0 Å². The third kappa shape index (κ3) is 2.96. The van der Waals surface area contributed by atoms with Crippen LogP contribution in [0.3, 0.4) is 0 Å². The summed E-state index contributed by atoms with van der Waals surface area (Å²) >= 11 is 5.05. The third-order valence-corrected chi connectivity index (χ3v) is 3.49. The van der Waals surface area contributed by atoms with E-state index >= 15 is 0 Å². The molecule has 4 heteroatoms. The number of benzene rings is 1. The van der Waals surface area contributed by atoms with Gasteiger partial charge in [-0.25, -0.2) is 0 Å². The highest BCUT2D eigenvalue weighted by molar-refractivity contribution is 7.80. The van der Waals surface area contributed by atoms with E-state index in [2.05, 4.69) is 5.32 Å². The molecule has 1 fully saturated rings. The van der Waals surface area contributed by atoms with Crippen molar-refractivity contribution < 1.29 is 4.74 Å². The van der Waals surface area contributed by atoms with Crippen molar-refractivity contribution in [3.63, 3.8) is 0 Å². The molecule has 0 spiro atoms. The van der Waals surface area contributed by atoms with Gasteiger partial charge in [-0.3, -0.25) is 0 Å². The minimum absolute atomic E-state index is 0.379. The number of methoxy groups -OCH3 is 1. The average Bonchev–Trinajstić information content (AvgIpc) is 2.77. The van der Waals surface area contributed by atoms with Crippen LogP contribution >= 0.6 is 12.2 Å². The molecule has 17 heavy (non-hydrogen) atoms. The fourth-order valence-corrected chi connectivity index (χ4v) is 2.51. The predicted molar refractivity (Wildman–Crippen MR) is 74.4 cm³/mol. The Hall–Kier alpha value is -1.13. The van der Waals surface area contributed by atoms with E-state index in [1.807, 2.05) is 24.3 Å². The monoisotopic (exact) mass is 250 g/mol. The number of nitrogens with two attached hydrogens (primary N) is 1. The van der Waals surface area contributed by atoms with Crippen LogP contribution in [-0.4, -0.2) is 24.2 Å². The van der Waals surface area contributed by atoms with Crippen LogP contribution in [0.4, 0.5) is 5.69 Å². The molecular formula is C13H18N2OS. The Balaban J connectivity index is 2.06. The Morgan fingerprint density at radius 3 is 2.82 bits per heavy atom. The summed E-state index contributed by atoms with van der Waals surface area (Å²) in [6.45, 7) is 0. The van der Waals surface area contributed by atoms with Gasteiger partial charge in [-0.2, -0.15) is 0 Å². The predicted octanol–water partition coefficient (Wildman–Crippen LogP) is 2.30. The zero-order chi connectivity index (χ0) is 12.3. The number of thiocarbonyl (C=S) groups is 1. The first kappa shape index (κ1) is 12.3. The van der Waals surface area contributed by atoms with E-state index in [1.165, 1.54) is 0 Å². The van der Waals surface area contributed by atoms with Gasteiger partial charge in [0.25, 0.3) is 0 Å². The van der Waals surface area contributed by atoms with Crippen molar-refractivity contribution in [2.75, 3.05) is 12.4 Å². The molecule has 0 amide bonds. The number of nitrogens with one attached hydrogen (secondary N) is 1. The molecule has 1 saturated carbocycles. The van der Waals surface area contributed by atoms with Crippen LogP contribution in [0.15, 0.2) is 24.3 Å². The molecule has 0 radical (unpaired) electrons. The minimum Gasteiger partial charge on any atom is -0.389 e. The molecule has 1 aromatic rings. The summed E-state index contributed by atoms with van der Waals surface area (Å²) in [6.07, 6.45) is 3.67. The van der Waals surface area contributed by atoms with Crippen molar-refractivity contribution in [3.05, 3.63) is 29.8 Å². The number of rotatable bonds is 4. The Labute approximate surface area is 107 Å². The molecule has 1 aromatic carbocycles. The second-order valence-corrected chi connectivity index (χ2v) is 4.86. The summed E-state index contributed by atoms with van der Waals surface area (Å²) in [6, 6.07) is 8.37. The van der Waals surface area contributed by atoms with Crippen LogP contribution in [0.1, 0.15) is 24.8 Å². The van der Waals surface area contributed by atoms with Crippen LogP contribution in [0.25, 0.3) is 0 Å². The van der Waals surface area contributed by atoms with Crippen molar-refractivity contribution in [1.29, 1.82) is 0 Å². The first-order valence-electron chi connectivity index (χ1n) is 5.89. The van der Waals surface area contributed by atoms with E-state index in [4.69, 9.17) is 22.7 Å². The van der Waals surface area contributed by atoms with E-state index in [0.29, 0.717) is 17.1 Å². The zero-order valence-corrected chi connectivity index (χ0v) is 10.8. The summed E-state index contributed by atoms with van der Waals surface area (Å²) in [4.78, 5) is 0.439. The summed E-state index contributed by atoms with van der Waals surface area (Å²) in [5.74, 6) is 0. The highest BCUT2D eigenvalue weighted by Crippen LogP contribution is 2.26. The van der Waals surface area contributed by atoms with Crippen LogP contribution in [0, 0.1) is 0 Å². The molecule has 2 unspecified atom stereocenters. The largest absolute Gasteiger partial charge is 0.389 e. The second kappa shape index (κ2) is 5.47. The van der Waals surface area contributed by atoms with Crippen LogP contribution in [-0.2, 0) is 4.74 Å². The van der Waals surface area contributed by atoms with Gasteiger partial charge < -0.3 is 15.8 Å². The lowest BCUT2D eigenvalue weighted by Gasteiger charge is -2.17. The first-order valence-corrected chi connectivity index (χ1v) is 6.29. The highest BCUT2D eigenvalue weighted by Gasteiger charge is 2.24. The summed E-state index contributed by atoms with van der Waals surface area (Å²) < 4.78 is 5.37. The SMILES string of the molecule is COC1CCC(Nc2ccccc2C(N)=S)C1. The molecule has 3 nitrogen and oxygen atoms in total. The van der Waals surface area contributed by atoms with E-state index in [-0.39, 0.29) is 0 Å². The van der Waals surface area contributed by atoms with Gasteiger partial charge in [-0.05, 0) is 31.4 Å².